The largest absolute Gasteiger partial charge is 0.508 e. The van der Waals surface area contributed by atoms with Gasteiger partial charge in [-0.25, -0.2) is 0 Å². The number of ether oxygens (including phenoxy) is 1. The second kappa shape index (κ2) is 4.93. The lowest BCUT2D eigenvalue weighted by Crippen LogP contribution is -2.25. The number of hydrogen-bond acceptors (Lipinski definition) is 4. The highest BCUT2D eigenvalue weighted by Gasteiger charge is 2.35. The highest BCUT2D eigenvalue weighted by atomic mass is 16.5. The van der Waals surface area contributed by atoms with E-state index >= 15 is 0 Å². The molecule has 0 saturated carbocycles. The smallest absolute Gasteiger partial charge is 0.205 e. The van der Waals surface area contributed by atoms with Crippen LogP contribution in [0.5, 0.6) is 11.5 Å². The number of phenols is 1. The van der Waals surface area contributed by atoms with E-state index in [-0.39, 0.29) is 17.6 Å². The lowest BCUT2D eigenvalue weighted by atomic mass is 9.74. The van der Waals surface area contributed by atoms with Crippen molar-refractivity contribution in [1.29, 1.82) is 5.26 Å². The van der Waals surface area contributed by atoms with E-state index in [1.807, 2.05) is 6.07 Å². The minimum absolute atomic E-state index is 0.0469. The number of nitrogens with two attached hydrogens (primary N) is 1. The molecule has 4 nitrogen and oxygen atoms in total. The van der Waals surface area contributed by atoms with Crippen LogP contribution in [-0.2, 0) is 0 Å². The number of aromatic hydroxyl groups is 1. The Bertz CT molecular complexity index is 640. The first kappa shape index (κ1) is 12.6. The number of nitriles is 1. The van der Waals surface area contributed by atoms with Crippen molar-refractivity contribution in [3.8, 4) is 17.6 Å². The zero-order chi connectivity index (χ0) is 14.1. The molecular weight excluding hydrogens is 252 g/mol. The van der Waals surface area contributed by atoms with E-state index in [2.05, 4.69) is 18.2 Å². The molecule has 0 spiro atoms. The summed E-state index contributed by atoms with van der Waals surface area (Å²) in [7, 11) is 0. The van der Waals surface area contributed by atoms with E-state index in [0.717, 1.165) is 24.8 Å². The Balaban J connectivity index is 2.09. The molecule has 4 heteroatoms. The molecule has 2 aliphatic rings. The molecule has 3 N–H and O–H groups in total. The third-order valence-electron chi connectivity index (χ3n) is 4.03. The van der Waals surface area contributed by atoms with Crippen LogP contribution in [0.2, 0.25) is 0 Å². The predicted molar refractivity (Wildman–Crippen MR) is 74.8 cm³/mol. The van der Waals surface area contributed by atoms with E-state index < -0.39 is 0 Å². The Kier molecular flexibility index (Phi) is 3.11. The summed E-state index contributed by atoms with van der Waals surface area (Å²) in [5.41, 5.74) is 7.33. The molecule has 1 aromatic rings. The van der Waals surface area contributed by atoms with Gasteiger partial charge in [0, 0.05) is 17.5 Å². The predicted octanol–water partition coefficient (Wildman–Crippen LogP) is 2.92. The number of hydrogen-bond donors (Lipinski definition) is 2. The van der Waals surface area contributed by atoms with Crippen LogP contribution >= 0.6 is 0 Å². The molecule has 1 aliphatic heterocycles. The third kappa shape index (κ3) is 2.01. The van der Waals surface area contributed by atoms with Crippen LogP contribution in [0.4, 0.5) is 0 Å². The Hall–Kier alpha value is -2.41. The first-order valence-corrected chi connectivity index (χ1v) is 6.76. The van der Waals surface area contributed by atoms with Gasteiger partial charge in [0.15, 0.2) is 0 Å². The van der Waals surface area contributed by atoms with Gasteiger partial charge in [0.1, 0.15) is 17.6 Å². The van der Waals surface area contributed by atoms with Gasteiger partial charge in [0.25, 0.3) is 0 Å². The maximum atomic E-state index is 9.58. The van der Waals surface area contributed by atoms with Gasteiger partial charge in [-0.15, -0.1) is 0 Å². The lowest BCUT2D eigenvalue weighted by molar-refractivity contribution is 0.345. The Labute approximate surface area is 117 Å². The summed E-state index contributed by atoms with van der Waals surface area (Å²) in [4.78, 5) is 0. The first-order valence-electron chi connectivity index (χ1n) is 6.76. The van der Waals surface area contributed by atoms with E-state index in [1.54, 1.807) is 12.1 Å². The molecule has 0 radical (unpaired) electrons. The monoisotopic (exact) mass is 268 g/mol. The highest BCUT2D eigenvalue weighted by molar-refractivity contribution is 5.52. The summed E-state index contributed by atoms with van der Waals surface area (Å²) in [5, 5.41) is 19.0. The molecule has 0 amide bonds. The summed E-state index contributed by atoms with van der Waals surface area (Å²) in [5.74, 6) is 1.15. The van der Waals surface area contributed by atoms with Crippen LogP contribution in [0.3, 0.4) is 0 Å². The number of rotatable bonds is 1. The lowest BCUT2D eigenvalue weighted by Gasteiger charge is -2.32. The van der Waals surface area contributed by atoms with Gasteiger partial charge in [-0.2, -0.15) is 5.26 Å². The minimum Gasteiger partial charge on any atom is -0.508 e. The Morgan fingerprint density at radius 3 is 2.90 bits per heavy atom. The van der Waals surface area contributed by atoms with Gasteiger partial charge in [0.05, 0.1) is 5.57 Å². The molecule has 102 valence electrons. The maximum absolute atomic E-state index is 9.58. The van der Waals surface area contributed by atoms with Crippen LogP contribution in [-0.4, -0.2) is 5.11 Å². The Morgan fingerprint density at radius 2 is 2.20 bits per heavy atom. The van der Waals surface area contributed by atoms with Crippen LogP contribution in [0, 0.1) is 17.2 Å². The van der Waals surface area contributed by atoms with Gasteiger partial charge >= 0.3 is 0 Å². The number of phenolic OH excluding ortho intramolecular Hbond substituents is 1. The normalized spacial score (nSPS) is 24.8. The van der Waals surface area contributed by atoms with E-state index in [9.17, 15) is 10.4 Å². The fourth-order valence-corrected chi connectivity index (χ4v) is 3.08. The van der Waals surface area contributed by atoms with Crippen molar-refractivity contribution in [2.45, 2.75) is 25.2 Å². The molecule has 0 fully saturated rings. The summed E-state index contributed by atoms with van der Waals surface area (Å²) in [6.07, 6.45) is 7.32. The summed E-state index contributed by atoms with van der Waals surface area (Å²) in [6.45, 7) is 0. The van der Waals surface area contributed by atoms with Crippen LogP contribution in [0.25, 0.3) is 0 Å². The van der Waals surface area contributed by atoms with E-state index in [4.69, 9.17) is 10.5 Å². The fraction of sp³-hybridized carbons (Fsp3) is 0.312. The Morgan fingerprint density at radius 1 is 1.35 bits per heavy atom. The molecule has 1 aliphatic carbocycles. The molecule has 0 bridgehead atoms. The van der Waals surface area contributed by atoms with Gasteiger partial charge in [-0.05, 0) is 31.2 Å². The quantitative estimate of drug-likeness (QED) is 0.767. The SMILES string of the molecule is N#CC1=C(N)Oc2cc(O)ccc2[C@H]1[C@@H]1CC=CCC1. The number of allylic oxidation sites excluding steroid dienone is 3. The molecule has 1 heterocycles. The average Bonchev–Trinajstić information content (AvgIpc) is 2.46. The molecule has 0 unspecified atom stereocenters. The average molecular weight is 268 g/mol. The molecule has 3 rings (SSSR count). The van der Waals surface area contributed by atoms with Crippen molar-refractivity contribution >= 4 is 0 Å². The minimum atomic E-state index is -0.0469. The molecule has 1 aromatic carbocycles. The zero-order valence-corrected chi connectivity index (χ0v) is 11.0. The fourth-order valence-electron chi connectivity index (χ4n) is 3.08. The molecule has 2 atom stereocenters. The van der Waals surface area contributed by atoms with E-state index in [0.29, 0.717) is 17.2 Å². The molecule has 0 aromatic heterocycles. The van der Waals surface area contributed by atoms with Crippen molar-refractivity contribution in [1.82, 2.24) is 0 Å². The van der Waals surface area contributed by atoms with Crippen molar-refractivity contribution in [3.05, 3.63) is 47.4 Å². The van der Waals surface area contributed by atoms with Gasteiger partial charge in [-0.1, -0.05) is 18.2 Å². The number of benzene rings is 1. The third-order valence-corrected chi connectivity index (χ3v) is 4.03. The summed E-state index contributed by atoms with van der Waals surface area (Å²) < 4.78 is 5.49. The molecule has 0 saturated heterocycles. The summed E-state index contributed by atoms with van der Waals surface area (Å²) in [6, 6.07) is 7.22. The van der Waals surface area contributed by atoms with Gasteiger partial charge < -0.3 is 15.6 Å². The maximum Gasteiger partial charge on any atom is 0.205 e. The van der Waals surface area contributed by atoms with Crippen LogP contribution < -0.4 is 10.5 Å². The molecule has 20 heavy (non-hydrogen) atoms. The number of fused-ring (bicyclic) bond motifs is 1. The number of nitrogens with zero attached hydrogens (tertiary/aromatic N) is 1. The summed E-state index contributed by atoms with van der Waals surface area (Å²) >= 11 is 0. The van der Waals surface area contributed by atoms with E-state index in [1.165, 1.54) is 0 Å². The van der Waals surface area contributed by atoms with Crippen molar-refractivity contribution < 1.29 is 9.84 Å². The highest BCUT2D eigenvalue weighted by Crippen LogP contribution is 2.46. The first-order chi connectivity index (χ1) is 9.70. The van der Waals surface area contributed by atoms with Crippen LogP contribution in [0.15, 0.2) is 41.8 Å². The van der Waals surface area contributed by atoms with Gasteiger partial charge in [0.2, 0.25) is 5.88 Å². The second-order valence-corrected chi connectivity index (χ2v) is 5.24. The topological polar surface area (TPSA) is 79.3 Å². The van der Waals surface area contributed by atoms with Crippen molar-refractivity contribution in [3.63, 3.8) is 0 Å². The van der Waals surface area contributed by atoms with Crippen molar-refractivity contribution in [2.75, 3.05) is 0 Å². The van der Waals surface area contributed by atoms with Crippen molar-refractivity contribution in [2.24, 2.45) is 11.7 Å². The second-order valence-electron chi connectivity index (χ2n) is 5.24. The molecular formula is C16H16N2O2. The van der Waals surface area contributed by atoms with Crippen LogP contribution in [0.1, 0.15) is 30.7 Å². The van der Waals surface area contributed by atoms with Gasteiger partial charge in [-0.3, -0.25) is 0 Å². The zero-order valence-electron chi connectivity index (χ0n) is 11.0. The standard InChI is InChI=1S/C16H16N2O2/c17-9-13-15(10-4-2-1-3-5-10)12-7-6-11(19)8-14(12)20-16(13)18/h1-2,6-8,10,15,19H,3-5,18H2/t10-,15-/m1/s1.